The standard InChI is InChI=1S/C23H25N3O4/c1-14(2)22(27)24-18-8-10-19(11-9-18)25-23(28)17-6-5-7-20(12-17)29-13-21-15(3)26-30-16(21)4/h5-12,14H,13H2,1-4H3,(H,24,27)(H,25,28). The molecule has 0 atom stereocenters. The molecule has 0 saturated carbocycles. The largest absolute Gasteiger partial charge is 0.489 e. The SMILES string of the molecule is Cc1noc(C)c1COc1cccc(C(=O)Nc2ccc(NC(=O)C(C)C)cc2)c1. The van der Waals surface area contributed by atoms with Gasteiger partial charge in [0, 0.05) is 22.9 Å². The minimum atomic E-state index is -0.253. The van der Waals surface area contributed by atoms with Crippen molar-refractivity contribution in [1.29, 1.82) is 0 Å². The van der Waals surface area contributed by atoms with Gasteiger partial charge in [-0.3, -0.25) is 9.59 Å². The van der Waals surface area contributed by atoms with Crippen molar-refractivity contribution in [2.24, 2.45) is 5.92 Å². The molecule has 7 nitrogen and oxygen atoms in total. The Morgan fingerprint density at radius 1 is 1.03 bits per heavy atom. The van der Waals surface area contributed by atoms with Gasteiger partial charge >= 0.3 is 0 Å². The number of carbonyl (C=O) groups excluding carboxylic acids is 2. The summed E-state index contributed by atoms with van der Waals surface area (Å²) >= 11 is 0. The fourth-order valence-electron chi connectivity index (χ4n) is 2.72. The number of nitrogens with zero attached hydrogens (tertiary/aromatic N) is 1. The molecule has 3 aromatic rings. The van der Waals surface area contributed by atoms with Crippen LogP contribution in [0.4, 0.5) is 11.4 Å². The van der Waals surface area contributed by atoms with Crippen molar-refractivity contribution in [1.82, 2.24) is 5.16 Å². The zero-order valence-electron chi connectivity index (χ0n) is 17.5. The van der Waals surface area contributed by atoms with Crippen molar-refractivity contribution in [3.8, 4) is 5.75 Å². The Morgan fingerprint density at radius 3 is 2.30 bits per heavy atom. The molecule has 2 amide bonds. The van der Waals surface area contributed by atoms with Crippen molar-refractivity contribution in [2.45, 2.75) is 34.3 Å². The van der Waals surface area contributed by atoms with E-state index in [9.17, 15) is 9.59 Å². The topological polar surface area (TPSA) is 93.5 Å². The first-order valence-corrected chi connectivity index (χ1v) is 9.70. The van der Waals surface area contributed by atoms with E-state index in [4.69, 9.17) is 9.26 Å². The molecule has 0 bridgehead atoms. The van der Waals surface area contributed by atoms with E-state index in [1.165, 1.54) is 0 Å². The van der Waals surface area contributed by atoms with E-state index < -0.39 is 0 Å². The van der Waals surface area contributed by atoms with Gasteiger partial charge in [-0.1, -0.05) is 25.1 Å². The molecule has 1 heterocycles. The second kappa shape index (κ2) is 9.26. The minimum absolute atomic E-state index is 0.0554. The number of benzene rings is 2. The van der Waals surface area contributed by atoms with E-state index in [2.05, 4.69) is 15.8 Å². The van der Waals surface area contributed by atoms with E-state index in [-0.39, 0.29) is 17.7 Å². The number of aromatic nitrogens is 1. The lowest BCUT2D eigenvalue weighted by Crippen LogP contribution is -2.17. The average molecular weight is 407 g/mol. The summed E-state index contributed by atoms with van der Waals surface area (Å²) in [5.41, 5.74) is 3.47. The first-order chi connectivity index (χ1) is 14.3. The van der Waals surface area contributed by atoms with E-state index in [1.807, 2.05) is 27.7 Å². The second-order valence-corrected chi connectivity index (χ2v) is 7.29. The van der Waals surface area contributed by atoms with Gasteiger partial charge in [-0.25, -0.2) is 0 Å². The van der Waals surface area contributed by atoms with E-state index in [0.717, 1.165) is 17.0 Å². The smallest absolute Gasteiger partial charge is 0.255 e. The predicted octanol–water partition coefficient (Wildman–Crippen LogP) is 4.72. The Labute approximate surface area is 175 Å². The number of nitrogens with one attached hydrogen (secondary N) is 2. The Bertz CT molecular complexity index is 1020. The van der Waals surface area contributed by atoms with Crippen LogP contribution in [-0.2, 0) is 11.4 Å². The lowest BCUT2D eigenvalue weighted by molar-refractivity contribution is -0.118. The lowest BCUT2D eigenvalue weighted by Gasteiger charge is -2.10. The summed E-state index contributed by atoms with van der Waals surface area (Å²) in [6.45, 7) is 7.67. The number of carbonyl (C=O) groups is 2. The van der Waals surface area contributed by atoms with Crippen molar-refractivity contribution in [2.75, 3.05) is 10.6 Å². The van der Waals surface area contributed by atoms with E-state index >= 15 is 0 Å². The Hall–Kier alpha value is -3.61. The predicted molar refractivity (Wildman–Crippen MR) is 115 cm³/mol. The fourth-order valence-corrected chi connectivity index (χ4v) is 2.72. The molecule has 0 radical (unpaired) electrons. The molecule has 2 aromatic carbocycles. The maximum Gasteiger partial charge on any atom is 0.255 e. The van der Waals surface area contributed by atoms with Crippen LogP contribution in [0.2, 0.25) is 0 Å². The van der Waals surface area contributed by atoms with Gasteiger partial charge in [0.25, 0.3) is 5.91 Å². The van der Waals surface area contributed by atoms with Gasteiger partial charge in [-0.05, 0) is 56.3 Å². The normalized spacial score (nSPS) is 10.7. The van der Waals surface area contributed by atoms with E-state index in [1.54, 1.807) is 48.5 Å². The van der Waals surface area contributed by atoms with Gasteiger partial charge in [0.1, 0.15) is 18.1 Å². The molecule has 0 aliphatic rings. The van der Waals surface area contributed by atoms with Gasteiger partial charge < -0.3 is 19.9 Å². The number of amides is 2. The van der Waals surface area contributed by atoms with Crippen LogP contribution in [0.5, 0.6) is 5.75 Å². The highest BCUT2D eigenvalue weighted by Gasteiger charge is 2.12. The van der Waals surface area contributed by atoms with Crippen molar-refractivity contribution in [3.63, 3.8) is 0 Å². The Morgan fingerprint density at radius 2 is 1.70 bits per heavy atom. The van der Waals surface area contributed by atoms with Crippen LogP contribution in [0.3, 0.4) is 0 Å². The highest BCUT2D eigenvalue weighted by Crippen LogP contribution is 2.20. The maximum atomic E-state index is 12.6. The molecule has 0 aliphatic heterocycles. The number of anilines is 2. The molecule has 30 heavy (non-hydrogen) atoms. The lowest BCUT2D eigenvalue weighted by atomic mass is 10.2. The summed E-state index contributed by atoms with van der Waals surface area (Å²) < 4.78 is 10.9. The molecule has 0 unspecified atom stereocenters. The number of ether oxygens (including phenoxy) is 1. The van der Waals surface area contributed by atoms with Crippen molar-refractivity contribution in [3.05, 3.63) is 71.1 Å². The number of aryl methyl sites for hydroxylation is 2. The highest BCUT2D eigenvalue weighted by atomic mass is 16.5. The Kier molecular flexibility index (Phi) is 6.51. The molecule has 0 saturated heterocycles. The van der Waals surface area contributed by atoms with Gasteiger partial charge in [-0.2, -0.15) is 0 Å². The number of hydrogen-bond donors (Lipinski definition) is 2. The van der Waals surface area contributed by atoms with Gasteiger partial charge in [-0.15, -0.1) is 0 Å². The van der Waals surface area contributed by atoms with E-state index in [0.29, 0.717) is 29.3 Å². The quantitative estimate of drug-likeness (QED) is 0.591. The van der Waals surface area contributed by atoms with Gasteiger partial charge in [0.15, 0.2) is 0 Å². The molecule has 156 valence electrons. The minimum Gasteiger partial charge on any atom is -0.489 e. The van der Waals surface area contributed by atoms with Crippen LogP contribution in [0, 0.1) is 19.8 Å². The summed E-state index contributed by atoms with van der Waals surface area (Å²) in [7, 11) is 0. The molecular weight excluding hydrogens is 382 g/mol. The second-order valence-electron chi connectivity index (χ2n) is 7.29. The van der Waals surface area contributed by atoms with Crippen LogP contribution in [-0.4, -0.2) is 17.0 Å². The average Bonchev–Trinajstić information content (AvgIpc) is 3.05. The summed E-state index contributed by atoms with van der Waals surface area (Å²) in [6, 6.07) is 13.9. The summed E-state index contributed by atoms with van der Waals surface area (Å²) in [4.78, 5) is 24.4. The van der Waals surface area contributed by atoms with Crippen LogP contribution in [0.1, 0.15) is 41.2 Å². The third-order valence-electron chi connectivity index (χ3n) is 4.60. The summed E-state index contributed by atoms with van der Waals surface area (Å²) in [5.74, 6) is 0.886. The third-order valence-corrected chi connectivity index (χ3v) is 4.60. The molecule has 7 heteroatoms. The highest BCUT2D eigenvalue weighted by molar-refractivity contribution is 6.04. The van der Waals surface area contributed by atoms with Crippen LogP contribution in [0.25, 0.3) is 0 Å². The molecule has 0 spiro atoms. The third kappa shape index (κ3) is 5.26. The Balaban J connectivity index is 1.61. The van der Waals surface area contributed by atoms with Crippen LogP contribution in [0.15, 0.2) is 53.1 Å². The molecular formula is C23H25N3O4. The zero-order chi connectivity index (χ0) is 21.7. The van der Waals surface area contributed by atoms with Gasteiger partial charge in [0.05, 0.1) is 11.3 Å². The number of rotatable bonds is 7. The van der Waals surface area contributed by atoms with Crippen molar-refractivity contribution < 1.29 is 18.8 Å². The van der Waals surface area contributed by atoms with Crippen molar-refractivity contribution >= 4 is 23.2 Å². The molecule has 0 aliphatic carbocycles. The van der Waals surface area contributed by atoms with Crippen LogP contribution < -0.4 is 15.4 Å². The zero-order valence-corrected chi connectivity index (χ0v) is 17.5. The molecule has 2 N–H and O–H groups in total. The van der Waals surface area contributed by atoms with Gasteiger partial charge in [0.2, 0.25) is 5.91 Å². The summed E-state index contributed by atoms with van der Waals surface area (Å²) in [6.07, 6.45) is 0. The molecule has 0 fully saturated rings. The fraction of sp³-hybridized carbons (Fsp3) is 0.261. The molecule has 1 aromatic heterocycles. The summed E-state index contributed by atoms with van der Waals surface area (Å²) in [5, 5.41) is 9.57. The monoisotopic (exact) mass is 407 g/mol. The maximum absolute atomic E-state index is 12.6. The number of hydrogen-bond acceptors (Lipinski definition) is 5. The first kappa shape index (κ1) is 21.1. The first-order valence-electron chi connectivity index (χ1n) is 9.70. The van der Waals surface area contributed by atoms with Crippen LogP contribution >= 0.6 is 0 Å². The molecule has 3 rings (SSSR count).